The highest BCUT2D eigenvalue weighted by molar-refractivity contribution is 5.96. The van der Waals surface area contributed by atoms with Gasteiger partial charge in [0.1, 0.15) is 0 Å². The standard InChI is InChI=1S/C20H20N4O2/c25-19(11-15-12-22-18-8-4-2-6-16(15)18)23-17-7-3-1-5-14(17)13-24-10-9-21-20(24)26/h1-8,12,22H,9-11,13H2,(H,21,26)(H,23,25). The van der Waals surface area contributed by atoms with Crippen LogP contribution < -0.4 is 10.6 Å². The van der Waals surface area contributed by atoms with Crippen LogP contribution in [0.25, 0.3) is 10.9 Å². The maximum Gasteiger partial charge on any atom is 0.317 e. The van der Waals surface area contributed by atoms with Crippen molar-refractivity contribution < 1.29 is 9.59 Å². The van der Waals surface area contributed by atoms with Gasteiger partial charge in [0.2, 0.25) is 5.91 Å². The molecule has 0 unspecified atom stereocenters. The number of rotatable bonds is 5. The Kier molecular flexibility index (Phi) is 4.31. The summed E-state index contributed by atoms with van der Waals surface area (Å²) < 4.78 is 0. The Labute approximate surface area is 151 Å². The van der Waals surface area contributed by atoms with Crippen LogP contribution in [0.5, 0.6) is 0 Å². The number of aromatic nitrogens is 1. The van der Waals surface area contributed by atoms with E-state index in [1.807, 2.05) is 54.7 Å². The van der Waals surface area contributed by atoms with Crippen LogP contribution in [-0.2, 0) is 17.8 Å². The van der Waals surface area contributed by atoms with Crippen molar-refractivity contribution in [2.75, 3.05) is 18.4 Å². The monoisotopic (exact) mass is 348 g/mol. The highest BCUT2D eigenvalue weighted by Crippen LogP contribution is 2.21. The lowest BCUT2D eigenvalue weighted by Crippen LogP contribution is -2.28. The summed E-state index contributed by atoms with van der Waals surface area (Å²) in [5.74, 6) is -0.0759. The van der Waals surface area contributed by atoms with E-state index >= 15 is 0 Å². The first-order valence-electron chi connectivity index (χ1n) is 8.66. The summed E-state index contributed by atoms with van der Waals surface area (Å²) in [4.78, 5) is 29.3. The molecule has 3 aromatic rings. The predicted molar refractivity (Wildman–Crippen MR) is 101 cm³/mol. The van der Waals surface area contributed by atoms with Gasteiger partial charge in [0.25, 0.3) is 0 Å². The van der Waals surface area contributed by atoms with Gasteiger partial charge < -0.3 is 20.5 Å². The molecule has 26 heavy (non-hydrogen) atoms. The van der Waals surface area contributed by atoms with E-state index in [1.165, 1.54) is 0 Å². The van der Waals surface area contributed by atoms with Crippen LogP contribution in [0.3, 0.4) is 0 Å². The molecule has 0 saturated carbocycles. The normalized spacial score (nSPS) is 13.8. The van der Waals surface area contributed by atoms with Crippen molar-refractivity contribution in [3.05, 3.63) is 65.9 Å². The number of carbonyl (C=O) groups excluding carboxylic acids is 2. The van der Waals surface area contributed by atoms with E-state index in [4.69, 9.17) is 0 Å². The molecular formula is C20H20N4O2. The number of amides is 3. The van der Waals surface area contributed by atoms with Crippen LogP contribution in [0.4, 0.5) is 10.5 Å². The first-order chi connectivity index (χ1) is 12.7. The quantitative estimate of drug-likeness (QED) is 0.663. The number of benzene rings is 2. The number of aromatic amines is 1. The summed E-state index contributed by atoms with van der Waals surface area (Å²) in [7, 11) is 0. The van der Waals surface area contributed by atoms with Crippen LogP contribution in [0.2, 0.25) is 0 Å². The second-order valence-corrected chi connectivity index (χ2v) is 6.40. The molecule has 2 heterocycles. The first kappa shape index (κ1) is 16.2. The summed E-state index contributed by atoms with van der Waals surface area (Å²) in [5.41, 5.74) is 3.67. The van der Waals surface area contributed by atoms with E-state index in [1.54, 1.807) is 4.90 Å². The molecule has 3 amide bonds. The minimum Gasteiger partial charge on any atom is -0.361 e. The summed E-state index contributed by atoms with van der Waals surface area (Å²) >= 11 is 0. The van der Waals surface area contributed by atoms with Crippen LogP contribution in [0.1, 0.15) is 11.1 Å². The molecule has 6 heteroatoms. The molecular weight excluding hydrogens is 328 g/mol. The van der Waals surface area contributed by atoms with E-state index < -0.39 is 0 Å². The Morgan fingerprint density at radius 1 is 1.08 bits per heavy atom. The highest BCUT2D eigenvalue weighted by atomic mass is 16.2. The van der Waals surface area contributed by atoms with Crippen molar-refractivity contribution in [1.29, 1.82) is 0 Å². The number of hydrogen-bond acceptors (Lipinski definition) is 2. The van der Waals surface area contributed by atoms with E-state index in [-0.39, 0.29) is 11.9 Å². The second kappa shape index (κ2) is 6.92. The van der Waals surface area contributed by atoms with E-state index in [0.29, 0.717) is 26.1 Å². The van der Waals surface area contributed by atoms with Crippen molar-refractivity contribution >= 4 is 28.5 Å². The Hall–Kier alpha value is -3.28. The molecule has 1 aliphatic heterocycles. The average molecular weight is 348 g/mol. The number of H-pyrrole nitrogens is 1. The fourth-order valence-electron chi connectivity index (χ4n) is 3.29. The van der Waals surface area contributed by atoms with Crippen LogP contribution >= 0.6 is 0 Å². The summed E-state index contributed by atoms with van der Waals surface area (Å²) in [5, 5.41) is 6.84. The zero-order chi connectivity index (χ0) is 17.9. The third kappa shape index (κ3) is 3.26. The number of carbonyl (C=O) groups is 2. The van der Waals surface area contributed by atoms with Gasteiger partial charge in [-0.2, -0.15) is 0 Å². The molecule has 3 N–H and O–H groups in total. The lowest BCUT2D eigenvalue weighted by atomic mass is 10.1. The highest BCUT2D eigenvalue weighted by Gasteiger charge is 2.20. The Morgan fingerprint density at radius 2 is 1.88 bits per heavy atom. The third-order valence-corrected chi connectivity index (χ3v) is 4.62. The topological polar surface area (TPSA) is 77.2 Å². The molecule has 6 nitrogen and oxygen atoms in total. The number of nitrogens with zero attached hydrogens (tertiary/aromatic N) is 1. The largest absolute Gasteiger partial charge is 0.361 e. The van der Waals surface area contributed by atoms with Crippen molar-refractivity contribution in [3.63, 3.8) is 0 Å². The summed E-state index contributed by atoms with van der Waals surface area (Å²) in [6.07, 6.45) is 2.17. The molecule has 132 valence electrons. The molecule has 1 saturated heterocycles. The zero-order valence-electron chi connectivity index (χ0n) is 14.3. The average Bonchev–Trinajstić information content (AvgIpc) is 3.23. The van der Waals surface area contributed by atoms with Gasteiger partial charge >= 0.3 is 6.03 Å². The predicted octanol–water partition coefficient (Wildman–Crippen LogP) is 2.87. The Morgan fingerprint density at radius 3 is 2.73 bits per heavy atom. The molecule has 0 radical (unpaired) electrons. The van der Waals surface area contributed by atoms with E-state index in [0.717, 1.165) is 27.7 Å². The van der Waals surface area contributed by atoms with E-state index in [2.05, 4.69) is 15.6 Å². The SMILES string of the molecule is O=C(Cc1c[nH]c2ccccc12)Nc1ccccc1CN1CCNC1=O. The molecule has 4 rings (SSSR count). The minimum absolute atomic E-state index is 0.0649. The van der Waals surface area contributed by atoms with Crippen molar-refractivity contribution in [2.45, 2.75) is 13.0 Å². The van der Waals surface area contributed by atoms with Gasteiger partial charge in [-0.15, -0.1) is 0 Å². The van der Waals surface area contributed by atoms with Gasteiger partial charge in [-0.1, -0.05) is 36.4 Å². The van der Waals surface area contributed by atoms with Crippen LogP contribution in [0.15, 0.2) is 54.7 Å². The van der Waals surface area contributed by atoms with Gasteiger partial charge in [-0.25, -0.2) is 4.79 Å². The lowest BCUT2D eigenvalue weighted by Gasteiger charge is -2.17. The van der Waals surface area contributed by atoms with Gasteiger partial charge in [0.05, 0.1) is 6.42 Å². The Balaban J connectivity index is 1.48. The van der Waals surface area contributed by atoms with Gasteiger partial charge in [-0.05, 0) is 23.3 Å². The number of para-hydroxylation sites is 2. The lowest BCUT2D eigenvalue weighted by molar-refractivity contribution is -0.115. The maximum atomic E-state index is 12.6. The van der Waals surface area contributed by atoms with Crippen molar-refractivity contribution in [3.8, 4) is 0 Å². The third-order valence-electron chi connectivity index (χ3n) is 4.62. The zero-order valence-corrected chi connectivity index (χ0v) is 14.3. The fraction of sp³-hybridized carbons (Fsp3) is 0.200. The summed E-state index contributed by atoms with van der Waals surface area (Å²) in [6.45, 7) is 1.82. The Bertz CT molecular complexity index is 963. The van der Waals surface area contributed by atoms with Gasteiger partial charge in [-0.3, -0.25) is 4.79 Å². The molecule has 0 spiro atoms. The molecule has 1 aromatic heterocycles. The number of hydrogen-bond donors (Lipinski definition) is 3. The molecule has 0 atom stereocenters. The molecule has 0 bridgehead atoms. The van der Waals surface area contributed by atoms with E-state index in [9.17, 15) is 9.59 Å². The van der Waals surface area contributed by atoms with Gasteiger partial charge in [0.15, 0.2) is 0 Å². The fourth-order valence-corrected chi connectivity index (χ4v) is 3.29. The number of anilines is 1. The molecule has 0 aliphatic carbocycles. The summed E-state index contributed by atoms with van der Waals surface area (Å²) in [6, 6.07) is 15.5. The minimum atomic E-state index is -0.0759. The maximum absolute atomic E-state index is 12.6. The van der Waals surface area contributed by atoms with Crippen molar-refractivity contribution in [2.24, 2.45) is 0 Å². The first-order valence-corrected chi connectivity index (χ1v) is 8.66. The van der Waals surface area contributed by atoms with Crippen molar-refractivity contribution in [1.82, 2.24) is 15.2 Å². The smallest absolute Gasteiger partial charge is 0.317 e. The number of nitrogens with one attached hydrogen (secondary N) is 3. The van der Waals surface area contributed by atoms with Crippen LogP contribution in [0, 0.1) is 0 Å². The number of urea groups is 1. The molecule has 1 aliphatic rings. The second-order valence-electron chi connectivity index (χ2n) is 6.40. The number of fused-ring (bicyclic) bond motifs is 1. The molecule has 2 aromatic carbocycles. The van der Waals surface area contributed by atoms with Gasteiger partial charge in [0, 0.05) is 42.4 Å². The molecule has 1 fully saturated rings. The van der Waals surface area contributed by atoms with Crippen LogP contribution in [-0.4, -0.2) is 34.9 Å².